The van der Waals surface area contributed by atoms with E-state index in [1.807, 2.05) is 0 Å². The SMILES string of the molecule is COC(=O)c1cc(N)c(F)cc1Br. The second-order valence-electron chi connectivity index (χ2n) is 2.35. The zero-order valence-electron chi connectivity index (χ0n) is 6.80. The lowest BCUT2D eigenvalue weighted by atomic mass is 10.2. The number of anilines is 1. The smallest absolute Gasteiger partial charge is 0.339 e. The molecule has 13 heavy (non-hydrogen) atoms. The van der Waals surface area contributed by atoms with Gasteiger partial charge in [0.25, 0.3) is 0 Å². The van der Waals surface area contributed by atoms with Gasteiger partial charge in [-0.1, -0.05) is 0 Å². The van der Waals surface area contributed by atoms with E-state index in [-0.39, 0.29) is 11.3 Å². The lowest BCUT2D eigenvalue weighted by molar-refractivity contribution is 0.0599. The van der Waals surface area contributed by atoms with E-state index in [2.05, 4.69) is 20.7 Å². The molecule has 0 bridgehead atoms. The molecular weight excluding hydrogens is 241 g/mol. The van der Waals surface area contributed by atoms with Crippen molar-refractivity contribution in [1.82, 2.24) is 0 Å². The molecule has 5 heteroatoms. The zero-order valence-corrected chi connectivity index (χ0v) is 8.39. The normalized spacial score (nSPS) is 9.77. The fraction of sp³-hybridized carbons (Fsp3) is 0.125. The summed E-state index contributed by atoms with van der Waals surface area (Å²) >= 11 is 3.03. The summed E-state index contributed by atoms with van der Waals surface area (Å²) in [6.45, 7) is 0. The van der Waals surface area contributed by atoms with Gasteiger partial charge in [0, 0.05) is 4.47 Å². The highest BCUT2D eigenvalue weighted by molar-refractivity contribution is 9.10. The average molecular weight is 248 g/mol. The van der Waals surface area contributed by atoms with Crippen molar-refractivity contribution < 1.29 is 13.9 Å². The van der Waals surface area contributed by atoms with Crippen LogP contribution in [0.25, 0.3) is 0 Å². The van der Waals surface area contributed by atoms with Crippen LogP contribution < -0.4 is 5.73 Å². The van der Waals surface area contributed by atoms with Crippen LogP contribution in [0.2, 0.25) is 0 Å². The highest BCUT2D eigenvalue weighted by Crippen LogP contribution is 2.23. The van der Waals surface area contributed by atoms with Gasteiger partial charge in [-0.3, -0.25) is 0 Å². The molecule has 0 saturated heterocycles. The molecule has 0 saturated carbocycles. The Kier molecular flexibility index (Phi) is 2.87. The van der Waals surface area contributed by atoms with Crippen LogP contribution >= 0.6 is 15.9 Å². The first-order valence-electron chi connectivity index (χ1n) is 3.39. The van der Waals surface area contributed by atoms with Crippen LogP contribution in [-0.4, -0.2) is 13.1 Å². The molecule has 0 amide bonds. The quantitative estimate of drug-likeness (QED) is 0.610. The summed E-state index contributed by atoms with van der Waals surface area (Å²) in [5, 5.41) is 0. The van der Waals surface area contributed by atoms with Gasteiger partial charge in [-0.25, -0.2) is 9.18 Å². The molecule has 0 spiro atoms. The Morgan fingerprint density at radius 2 is 2.23 bits per heavy atom. The number of benzene rings is 1. The number of methoxy groups -OCH3 is 1. The molecule has 0 aliphatic carbocycles. The molecule has 0 aromatic heterocycles. The van der Waals surface area contributed by atoms with Gasteiger partial charge in [-0.15, -0.1) is 0 Å². The summed E-state index contributed by atoms with van der Waals surface area (Å²) in [7, 11) is 1.24. The van der Waals surface area contributed by atoms with Crippen molar-refractivity contribution in [3.8, 4) is 0 Å². The highest BCUT2D eigenvalue weighted by Gasteiger charge is 2.12. The van der Waals surface area contributed by atoms with Gasteiger partial charge in [0.1, 0.15) is 5.82 Å². The number of rotatable bonds is 1. The van der Waals surface area contributed by atoms with Crippen molar-refractivity contribution in [3.05, 3.63) is 28.0 Å². The number of carbonyl (C=O) groups excluding carboxylic acids is 1. The Bertz CT molecular complexity index is 354. The second kappa shape index (κ2) is 3.74. The third kappa shape index (κ3) is 1.98. The predicted molar refractivity (Wildman–Crippen MR) is 49.9 cm³/mol. The monoisotopic (exact) mass is 247 g/mol. The van der Waals surface area contributed by atoms with E-state index in [1.54, 1.807) is 0 Å². The third-order valence-electron chi connectivity index (χ3n) is 1.49. The summed E-state index contributed by atoms with van der Waals surface area (Å²) in [4.78, 5) is 11.1. The van der Waals surface area contributed by atoms with Gasteiger partial charge in [-0.05, 0) is 28.1 Å². The number of carbonyl (C=O) groups is 1. The predicted octanol–water partition coefficient (Wildman–Crippen LogP) is 1.96. The maximum Gasteiger partial charge on any atom is 0.339 e. The molecular formula is C8H7BrFNO2. The van der Waals surface area contributed by atoms with Crippen LogP contribution in [0.15, 0.2) is 16.6 Å². The van der Waals surface area contributed by atoms with Gasteiger partial charge in [0.15, 0.2) is 0 Å². The molecule has 0 fully saturated rings. The fourth-order valence-corrected chi connectivity index (χ4v) is 1.31. The summed E-state index contributed by atoms with van der Waals surface area (Å²) in [5.41, 5.74) is 5.41. The van der Waals surface area contributed by atoms with E-state index in [0.29, 0.717) is 4.47 Å². The molecule has 0 heterocycles. The van der Waals surface area contributed by atoms with Gasteiger partial charge < -0.3 is 10.5 Å². The minimum absolute atomic E-state index is 0.0800. The second-order valence-corrected chi connectivity index (χ2v) is 3.20. The molecule has 2 N–H and O–H groups in total. The van der Waals surface area contributed by atoms with Crippen LogP contribution in [0.1, 0.15) is 10.4 Å². The van der Waals surface area contributed by atoms with Crippen LogP contribution in [0.4, 0.5) is 10.1 Å². The maximum atomic E-state index is 12.8. The molecule has 3 nitrogen and oxygen atoms in total. The highest BCUT2D eigenvalue weighted by atomic mass is 79.9. The van der Waals surface area contributed by atoms with Crippen LogP contribution in [0.3, 0.4) is 0 Å². The number of esters is 1. The maximum absolute atomic E-state index is 12.8. The Balaban J connectivity index is 3.23. The molecule has 70 valence electrons. The van der Waals surface area contributed by atoms with Gasteiger partial charge in [0.2, 0.25) is 0 Å². The zero-order chi connectivity index (χ0) is 10.0. The summed E-state index contributed by atoms with van der Waals surface area (Å²) in [6.07, 6.45) is 0. The van der Waals surface area contributed by atoms with Crippen molar-refractivity contribution >= 4 is 27.6 Å². The van der Waals surface area contributed by atoms with E-state index in [4.69, 9.17) is 5.73 Å². The number of halogens is 2. The van der Waals surface area contributed by atoms with E-state index in [9.17, 15) is 9.18 Å². The lowest BCUT2D eigenvalue weighted by Crippen LogP contribution is -2.04. The average Bonchev–Trinajstić information content (AvgIpc) is 2.10. The molecule has 0 atom stereocenters. The standard InChI is InChI=1S/C8H7BrFNO2/c1-13-8(12)4-2-7(11)6(10)3-5(4)9/h2-3H,11H2,1H3. The molecule has 0 unspecified atom stereocenters. The summed E-state index contributed by atoms with van der Waals surface area (Å²) < 4.78 is 17.6. The van der Waals surface area contributed by atoms with Crippen molar-refractivity contribution in [2.75, 3.05) is 12.8 Å². The molecule has 0 aliphatic heterocycles. The van der Waals surface area contributed by atoms with Crippen LogP contribution in [0.5, 0.6) is 0 Å². The number of ether oxygens (including phenoxy) is 1. The third-order valence-corrected chi connectivity index (χ3v) is 2.15. The summed E-state index contributed by atoms with van der Waals surface area (Å²) in [5.74, 6) is -1.13. The van der Waals surface area contributed by atoms with E-state index < -0.39 is 11.8 Å². The van der Waals surface area contributed by atoms with Crippen molar-refractivity contribution in [2.45, 2.75) is 0 Å². The van der Waals surface area contributed by atoms with Gasteiger partial charge >= 0.3 is 5.97 Å². The van der Waals surface area contributed by atoms with E-state index in [1.165, 1.54) is 13.2 Å². The molecule has 0 radical (unpaired) electrons. The molecule has 0 aliphatic rings. The first-order chi connectivity index (χ1) is 6.06. The Labute approximate surface area is 82.8 Å². The van der Waals surface area contributed by atoms with Crippen molar-refractivity contribution in [2.24, 2.45) is 0 Å². The van der Waals surface area contributed by atoms with Crippen LogP contribution in [0, 0.1) is 5.82 Å². The Hall–Kier alpha value is -1.10. The number of nitrogen functional groups attached to an aromatic ring is 1. The Morgan fingerprint density at radius 3 is 2.77 bits per heavy atom. The molecule has 1 aromatic rings. The van der Waals surface area contributed by atoms with Gasteiger partial charge in [-0.2, -0.15) is 0 Å². The number of nitrogens with two attached hydrogens (primary N) is 1. The first-order valence-corrected chi connectivity index (χ1v) is 4.18. The molecule has 1 rings (SSSR count). The fourth-order valence-electron chi connectivity index (χ4n) is 0.832. The van der Waals surface area contributed by atoms with Crippen molar-refractivity contribution in [1.29, 1.82) is 0 Å². The van der Waals surface area contributed by atoms with Crippen molar-refractivity contribution in [3.63, 3.8) is 0 Å². The largest absolute Gasteiger partial charge is 0.465 e. The van der Waals surface area contributed by atoms with E-state index >= 15 is 0 Å². The summed E-state index contributed by atoms with van der Waals surface area (Å²) in [6, 6.07) is 2.35. The first kappa shape index (κ1) is 9.98. The van der Waals surface area contributed by atoms with Gasteiger partial charge in [0.05, 0.1) is 18.4 Å². The number of hydrogen-bond donors (Lipinski definition) is 1. The molecule has 1 aromatic carbocycles. The minimum Gasteiger partial charge on any atom is -0.465 e. The number of hydrogen-bond acceptors (Lipinski definition) is 3. The topological polar surface area (TPSA) is 52.3 Å². The Morgan fingerprint density at radius 1 is 1.62 bits per heavy atom. The van der Waals surface area contributed by atoms with E-state index in [0.717, 1.165) is 6.07 Å². The van der Waals surface area contributed by atoms with Crippen LogP contribution in [-0.2, 0) is 4.74 Å². The minimum atomic E-state index is -0.570. The lowest BCUT2D eigenvalue weighted by Gasteiger charge is -2.04.